The van der Waals surface area contributed by atoms with Crippen LogP contribution in [0, 0.1) is 58.2 Å². The molecule has 5 fully saturated rings. The van der Waals surface area contributed by atoms with E-state index in [0.717, 1.165) is 13.5 Å². The summed E-state index contributed by atoms with van der Waals surface area (Å²) < 4.78 is 86.0. The van der Waals surface area contributed by atoms with E-state index in [1.54, 1.807) is 0 Å². The van der Waals surface area contributed by atoms with Crippen LogP contribution in [0.1, 0.15) is 73.6 Å². The number of aliphatic hydroxyl groups is 2. The Bertz CT molecular complexity index is 1370. The number of fused-ring (bicyclic) bond motifs is 7. The Hall–Kier alpha value is -0.0300. The van der Waals surface area contributed by atoms with Crippen LogP contribution in [0.2, 0.25) is 0 Å². The molecule has 0 radical (unpaired) electrons. The van der Waals surface area contributed by atoms with Crippen LogP contribution in [0.3, 0.4) is 0 Å². The molecular weight excluding hydrogens is 682 g/mol. The third-order valence-corrected chi connectivity index (χ3v) is 15.0. The summed E-state index contributed by atoms with van der Waals surface area (Å²) in [5, 5.41) is 23.4. The molecule has 0 spiro atoms. The highest BCUT2D eigenvalue weighted by Gasteiger charge is 2.73. The topological polar surface area (TPSA) is 236 Å². The summed E-state index contributed by atoms with van der Waals surface area (Å²) in [6.07, 6.45) is -6.33. The lowest BCUT2D eigenvalue weighted by atomic mass is 9.42. The third-order valence-electron chi connectivity index (χ3n) is 13.0. The summed E-state index contributed by atoms with van der Waals surface area (Å²) in [4.78, 5) is 30.9. The molecule has 0 aromatic carbocycles. The second kappa shape index (κ2) is 12.9. The van der Waals surface area contributed by atoms with Gasteiger partial charge in [-0.15, -0.1) is 0 Å². The third kappa shape index (κ3) is 6.84. The number of phosphoric ester groups is 2. The Kier molecular flexibility index (Phi) is 10.5. The van der Waals surface area contributed by atoms with Gasteiger partial charge in [-0.2, -0.15) is 8.42 Å². The highest BCUT2D eigenvalue weighted by Crippen LogP contribution is 2.72. The average Bonchev–Trinajstić information content (AvgIpc) is 3.18. The Balaban J connectivity index is 1.65. The number of hydrogen-bond acceptors (Lipinski definition) is 11. The maximum absolute atomic E-state index is 13.2. The zero-order valence-electron chi connectivity index (χ0n) is 27.9. The van der Waals surface area contributed by atoms with Crippen molar-refractivity contribution in [1.82, 2.24) is 0 Å². The maximum atomic E-state index is 13.2. The molecule has 1 saturated heterocycles. The normalized spacial score (nSPS) is 48.9. The van der Waals surface area contributed by atoms with Gasteiger partial charge in [-0.25, -0.2) is 13.3 Å². The van der Waals surface area contributed by atoms with Crippen LogP contribution in [0.25, 0.3) is 0 Å². The number of hydrogen-bond donors (Lipinski definition) is 6. The standard InChI is InChI=1S/C29H52O15P2S/c1-13(2)15(4)18-12-14(3)20-26(41-18)27(43-46(35,36)40-7)21-19-16(8-10-29(20,21)6)28(5)11-9-17(44-47(37,38)39)23(30)22(28)24(31)25(19)42-45(32,33)34/h13-27,30-31H,8-12H2,1-7H3,(H,35,36)(H2,32,33,34)(H,37,38,39)/t14-,15-,16+,17-,18-,19-,20+,21-,22-,23+,24+,25-,26+,27+,28-,29-/m1/s1. The lowest BCUT2D eigenvalue weighted by Crippen LogP contribution is -2.69. The SMILES string of the molecule is COP(=O)(O)O[C@@H]1[C@H]2O[C@@H]([C@H](C)C(C)C)C[C@@H](C)[C@@H]2[C@@]2(C)CC[C@H]3[C@@H]([C@@H](OP(=O)(O)O)[C@@H](O)[C@H]4[C@@H](O)[C@H](OS(=O)(=O)O)CC[C@@]43C)[C@H]12. The highest BCUT2D eigenvalue weighted by molar-refractivity contribution is 7.80. The Morgan fingerprint density at radius 1 is 0.894 bits per heavy atom. The van der Waals surface area contributed by atoms with E-state index in [-0.39, 0.29) is 42.6 Å². The molecule has 1 unspecified atom stereocenters. The molecule has 1 aliphatic heterocycles. The molecule has 18 heteroatoms. The van der Waals surface area contributed by atoms with Gasteiger partial charge in [0.15, 0.2) is 0 Å². The molecule has 6 N–H and O–H groups in total. The van der Waals surface area contributed by atoms with Crippen molar-refractivity contribution in [3.63, 3.8) is 0 Å². The maximum Gasteiger partial charge on any atom is 0.472 e. The Morgan fingerprint density at radius 2 is 1.51 bits per heavy atom. The summed E-state index contributed by atoms with van der Waals surface area (Å²) in [5.74, 6) is -2.88. The lowest BCUT2D eigenvalue weighted by molar-refractivity contribution is -0.250. The van der Waals surface area contributed by atoms with Crippen LogP contribution in [-0.4, -0.2) is 87.7 Å². The molecule has 0 aromatic heterocycles. The number of aliphatic hydroxyl groups excluding tert-OH is 2. The van der Waals surface area contributed by atoms with Crippen molar-refractivity contribution in [1.29, 1.82) is 0 Å². The van der Waals surface area contributed by atoms with Gasteiger partial charge in [0.25, 0.3) is 0 Å². The average molecular weight is 735 g/mol. The van der Waals surface area contributed by atoms with Crippen LogP contribution in [0.5, 0.6) is 0 Å². The van der Waals surface area contributed by atoms with E-state index < -0.39 is 97.2 Å². The second-order valence-electron chi connectivity index (χ2n) is 15.6. The fourth-order valence-electron chi connectivity index (χ4n) is 10.9. The summed E-state index contributed by atoms with van der Waals surface area (Å²) in [6, 6.07) is 0. The first-order valence-corrected chi connectivity index (χ1v) is 20.8. The monoisotopic (exact) mass is 734 g/mol. The van der Waals surface area contributed by atoms with Crippen molar-refractivity contribution in [3.05, 3.63) is 0 Å². The predicted octanol–water partition coefficient (Wildman–Crippen LogP) is 3.30. The molecule has 1 heterocycles. The molecule has 0 bridgehead atoms. The summed E-state index contributed by atoms with van der Waals surface area (Å²) in [7, 11) is -13.8. The van der Waals surface area contributed by atoms with Crippen molar-refractivity contribution in [2.45, 2.75) is 116 Å². The van der Waals surface area contributed by atoms with Crippen molar-refractivity contribution in [2.24, 2.45) is 58.2 Å². The molecule has 0 aromatic rings. The van der Waals surface area contributed by atoms with Gasteiger partial charge in [0, 0.05) is 13.0 Å². The first kappa shape index (κ1) is 38.2. The first-order valence-electron chi connectivity index (χ1n) is 16.4. The minimum absolute atomic E-state index is 0.00542. The molecule has 274 valence electrons. The van der Waals surface area contributed by atoms with Crippen molar-refractivity contribution >= 4 is 26.0 Å². The van der Waals surface area contributed by atoms with Gasteiger partial charge in [0.05, 0.1) is 36.6 Å². The summed E-state index contributed by atoms with van der Waals surface area (Å²) in [6.45, 7) is 12.3. The van der Waals surface area contributed by atoms with Crippen LogP contribution in [-0.2, 0) is 42.0 Å². The number of phosphoric acid groups is 2. The van der Waals surface area contributed by atoms with Crippen LogP contribution in [0.15, 0.2) is 0 Å². The molecule has 5 aliphatic rings. The second-order valence-corrected chi connectivity index (χ2v) is 19.4. The molecular formula is C29H52O15P2S. The molecule has 0 amide bonds. The molecule has 15 nitrogen and oxygen atoms in total. The van der Waals surface area contributed by atoms with Gasteiger partial charge in [-0.05, 0) is 84.4 Å². The quantitative estimate of drug-likeness (QED) is 0.147. The lowest BCUT2D eigenvalue weighted by Gasteiger charge is -2.65. The number of rotatable bonds is 9. The fourth-order valence-corrected chi connectivity index (χ4v) is 12.7. The van der Waals surface area contributed by atoms with Gasteiger partial charge in [0.2, 0.25) is 0 Å². The van der Waals surface area contributed by atoms with Crippen LogP contribution in [0.4, 0.5) is 0 Å². The van der Waals surface area contributed by atoms with Crippen molar-refractivity contribution < 1.29 is 69.5 Å². The highest BCUT2D eigenvalue weighted by atomic mass is 32.3. The number of ether oxygens (including phenoxy) is 1. The van der Waals surface area contributed by atoms with Crippen molar-refractivity contribution in [3.8, 4) is 0 Å². The summed E-state index contributed by atoms with van der Waals surface area (Å²) >= 11 is 0. The van der Waals surface area contributed by atoms with Gasteiger partial charge >= 0.3 is 26.0 Å². The van der Waals surface area contributed by atoms with Crippen LogP contribution >= 0.6 is 15.6 Å². The first-order chi connectivity index (χ1) is 21.5. The molecule has 17 atom stereocenters. The largest absolute Gasteiger partial charge is 0.472 e. The fraction of sp³-hybridized carbons (Fsp3) is 1.00. The Labute approximate surface area is 276 Å². The van der Waals surface area contributed by atoms with E-state index in [1.165, 1.54) is 0 Å². The van der Waals surface area contributed by atoms with Gasteiger partial charge < -0.3 is 29.6 Å². The van der Waals surface area contributed by atoms with E-state index in [4.69, 9.17) is 22.5 Å². The van der Waals surface area contributed by atoms with Gasteiger partial charge in [-0.1, -0.05) is 41.5 Å². The molecule has 4 saturated carbocycles. The van der Waals surface area contributed by atoms with Crippen molar-refractivity contribution in [2.75, 3.05) is 7.11 Å². The van der Waals surface area contributed by atoms with E-state index in [0.29, 0.717) is 12.8 Å². The smallest absolute Gasteiger partial charge is 0.390 e. The predicted molar refractivity (Wildman–Crippen MR) is 166 cm³/mol. The molecule has 4 aliphatic carbocycles. The van der Waals surface area contributed by atoms with Gasteiger partial charge in [0.1, 0.15) is 6.10 Å². The summed E-state index contributed by atoms with van der Waals surface area (Å²) in [5.41, 5.74) is -1.58. The minimum atomic E-state index is -5.29. The van der Waals surface area contributed by atoms with Crippen LogP contribution < -0.4 is 0 Å². The zero-order chi connectivity index (χ0) is 35.2. The molecule has 47 heavy (non-hydrogen) atoms. The van der Waals surface area contributed by atoms with Gasteiger partial charge in [-0.3, -0.25) is 18.1 Å². The molecule has 5 rings (SSSR count). The van der Waals surface area contributed by atoms with E-state index in [9.17, 15) is 47.0 Å². The minimum Gasteiger partial charge on any atom is -0.390 e. The van der Waals surface area contributed by atoms with E-state index in [2.05, 4.69) is 27.7 Å². The Morgan fingerprint density at radius 3 is 2.06 bits per heavy atom. The van der Waals surface area contributed by atoms with E-state index >= 15 is 0 Å². The van der Waals surface area contributed by atoms with E-state index in [1.807, 2.05) is 13.8 Å². The zero-order valence-corrected chi connectivity index (χ0v) is 30.5.